The highest BCUT2D eigenvalue weighted by molar-refractivity contribution is 9.10. The molecule has 0 amide bonds. The van der Waals surface area contributed by atoms with Crippen molar-refractivity contribution in [1.82, 2.24) is 4.98 Å². The molecule has 2 heterocycles. The van der Waals surface area contributed by atoms with Crippen molar-refractivity contribution in [3.05, 3.63) is 104 Å². The fraction of sp³-hybridized carbons (Fsp3) is 0.214. The van der Waals surface area contributed by atoms with E-state index < -0.39 is 34.5 Å². The van der Waals surface area contributed by atoms with Crippen LogP contribution in [-0.4, -0.2) is 27.6 Å². The Hall–Kier alpha value is -4.18. The number of fused-ring (bicyclic) bond motifs is 1. The van der Waals surface area contributed by atoms with E-state index in [1.165, 1.54) is 26.0 Å². The number of nitrogens with zero attached hydrogens (tertiary/aromatic N) is 1. The zero-order valence-electron chi connectivity index (χ0n) is 20.5. The van der Waals surface area contributed by atoms with Crippen molar-refractivity contribution in [3.8, 4) is 5.75 Å². The van der Waals surface area contributed by atoms with E-state index >= 15 is 0 Å². The maximum absolute atomic E-state index is 13.3. The largest absolute Gasteiger partial charge is 0.489 e. The standard InChI is InChI=1S/C28H23BrN2O7/c1-28(2)37-26(32)25(27(33)38-28)24(21-14-30-22-9-4-3-8-19(21)22)20-13-17(29)10-11-23(20)36-15-16-6-5-7-18(12-16)31(34)35/h3-14,24-25,30H,15H2,1-2H3/t24-/m1/s1. The second-order valence-electron chi connectivity index (χ2n) is 9.38. The van der Waals surface area contributed by atoms with Gasteiger partial charge in [0.05, 0.1) is 4.92 Å². The van der Waals surface area contributed by atoms with Crippen LogP contribution < -0.4 is 4.74 Å². The van der Waals surface area contributed by atoms with Crippen LogP contribution in [0.25, 0.3) is 10.9 Å². The van der Waals surface area contributed by atoms with Gasteiger partial charge in [-0.2, -0.15) is 0 Å². The molecule has 9 nitrogen and oxygen atoms in total. The number of benzene rings is 3. The van der Waals surface area contributed by atoms with Crippen LogP contribution in [0.15, 0.2) is 77.4 Å². The van der Waals surface area contributed by atoms with Crippen molar-refractivity contribution in [2.24, 2.45) is 5.92 Å². The SMILES string of the molecule is CC1(C)OC(=O)C([C@H](c2cc(Br)ccc2OCc2cccc([N+](=O)[O-])c2)c2c[nH]c3ccccc23)C(=O)O1. The number of aromatic nitrogens is 1. The average molecular weight is 579 g/mol. The number of nitrogens with one attached hydrogen (secondary N) is 1. The third kappa shape index (κ3) is 4.99. The van der Waals surface area contributed by atoms with E-state index in [4.69, 9.17) is 14.2 Å². The molecular weight excluding hydrogens is 556 g/mol. The summed E-state index contributed by atoms with van der Waals surface area (Å²) in [4.78, 5) is 40.5. The highest BCUT2D eigenvalue weighted by Gasteiger charge is 2.49. The van der Waals surface area contributed by atoms with Crippen LogP contribution in [0.3, 0.4) is 0 Å². The molecule has 0 bridgehead atoms. The number of carbonyl (C=O) groups is 2. The normalized spacial score (nSPS) is 16.1. The molecule has 1 aliphatic rings. The van der Waals surface area contributed by atoms with Gasteiger partial charge < -0.3 is 19.2 Å². The van der Waals surface area contributed by atoms with Crippen LogP contribution >= 0.6 is 15.9 Å². The number of esters is 2. The summed E-state index contributed by atoms with van der Waals surface area (Å²) in [6.45, 7) is 3.04. The lowest BCUT2D eigenvalue weighted by atomic mass is 9.79. The molecule has 0 spiro atoms. The third-order valence-corrected chi connectivity index (χ3v) is 6.81. The predicted octanol–water partition coefficient (Wildman–Crippen LogP) is 6.00. The summed E-state index contributed by atoms with van der Waals surface area (Å²) in [5, 5.41) is 12.0. The first kappa shape index (κ1) is 25.5. The van der Waals surface area contributed by atoms with Crippen molar-refractivity contribution in [1.29, 1.82) is 0 Å². The van der Waals surface area contributed by atoms with E-state index in [0.717, 1.165) is 10.9 Å². The second-order valence-corrected chi connectivity index (χ2v) is 10.3. The Bertz CT molecular complexity index is 1540. The maximum Gasteiger partial charge on any atom is 0.324 e. The molecule has 5 rings (SSSR count). The molecule has 1 fully saturated rings. The van der Waals surface area contributed by atoms with Crippen LogP contribution in [-0.2, 0) is 25.7 Å². The molecule has 1 saturated heterocycles. The summed E-state index contributed by atoms with van der Waals surface area (Å²) in [7, 11) is 0. The molecule has 3 aromatic carbocycles. The average Bonchev–Trinajstić information content (AvgIpc) is 3.29. The van der Waals surface area contributed by atoms with E-state index in [0.29, 0.717) is 26.9 Å². The lowest BCUT2D eigenvalue weighted by Crippen LogP contribution is -2.48. The zero-order chi connectivity index (χ0) is 27.0. The molecule has 194 valence electrons. The lowest BCUT2D eigenvalue weighted by molar-refractivity contribution is -0.384. The van der Waals surface area contributed by atoms with Gasteiger partial charge in [0.15, 0.2) is 5.92 Å². The molecule has 4 aromatic rings. The fourth-order valence-electron chi connectivity index (χ4n) is 4.69. The highest BCUT2D eigenvalue weighted by Crippen LogP contribution is 2.44. The first-order valence-corrected chi connectivity index (χ1v) is 12.6. The number of hydrogen-bond acceptors (Lipinski definition) is 7. The fourth-order valence-corrected chi connectivity index (χ4v) is 5.07. The molecule has 0 unspecified atom stereocenters. The Morgan fingerprint density at radius 2 is 1.76 bits per heavy atom. The molecule has 1 atom stereocenters. The summed E-state index contributed by atoms with van der Waals surface area (Å²) in [5.41, 5.74) is 2.62. The number of cyclic esters (lactones) is 2. The number of aromatic amines is 1. The smallest absolute Gasteiger partial charge is 0.324 e. The first-order valence-electron chi connectivity index (χ1n) is 11.8. The summed E-state index contributed by atoms with van der Waals surface area (Å²) >= 11 is 3.50. The number of rotatable bonds is 7. The Morgan fingerprint density at radius 3 is 2.50 bits per heavy atom. The van der Waals surface area contributed by atoms with Gasteiger partial charge in [0.1, 0.15) is 12.4 Å². The van der Waals surface area contributed by atoms with Crippen molar-refractivity contribution in [2.75, 3.05) is 0 Å². The van der Waals surface area contributed by atoms with E-state index in [-0.39, 0.29) is 12.3 Å². The van der Waals surface area contributed by atoms with Gasteiger partial charge in [-0.15, -0.1) is 0 Å². The molecule has 1 N–H and O–H groups in total. The molecule has 1 aliphatic heterocycles. The molecule has 0 saturated carbocycles. The second kappa shape index (κ2) is 9.94. The Morgan fingerprint density at radius 1 is 1.03 bits per heavy atom. The molecular formula is C28H23BrN2O7. The number of ether oxygens (including phenoxy) is 3. The first-order chi connectivity index (χ1) is 18.1. The Balaban J connectivity index is 1.61. The summed E-state index contributed by atoms with van der Waals surface area (Å²) in [5.74, 6) is -4.50. The number of nitro groups is 1. The topological polar surface area (TPSA) is 121 Å². The molecule has 0 radical (unpaired) electrons. The Kier molecular flexibility index (Phi) is 6.66. The number of H-pyrrole nitrogens is 1. The van der Waals surface area contributed by atoms with Gasteiger partial charge in [-0.3, -0.25) is 19.7 Å². The quantitative estimate of drug-likeness (QED) is 0.123. The van der Waals surface area contributed by atoms with Crippen molar-refractivity contribution in [2.45, 2.75) is 32.2 Å². The highest BCUT2D eigenvalue weighted by atomic mass is 79.9. The minimum absolute atomic E-state index is 0.0313. The maximum atomic E-state index is 13.3. The zero-order valence-corrected chi connectivity index (χ0v) is 22.1. The van der Waals surface area contributed by atoms with Crippen molar-refractivity contribution < 1.29 is 28.7 Å². The van der Waals surface area contributed by atoms with Gasteiger partial charge in [0, 0.05) is 59.0 Å². The summed E-state index contributed by atoms with van der Waals surface area (Å²) in [6.07, 6.45) is 1.76. The number of carbonyl (C=O) groups excluding carboxylic acids is 2. The van der Waals surface area contributed by atoms with Crippen LogP contribution in [0.5, 0.6) is 5.75 Å². The monoisotopic (exact) mass is 578 g/mol. The van der Waals surface area contributed by atoms with Crippen LogP contribution in [0.1, 0.15) is 36.5 Å². The number of halogens is 1. The van der Waals surface area contributed by atoms with Crippen LogP contribution in [0, 0.1) is 16.0 Å². The lowest BCUT2D eigenvalue weighted by Gasteiger charge is -2.36. The van der Waals surface area contributed by atoms with E-state index in [9.17, 15) is 19.7 Å². The van der Waals surface area contributed by atoms with Gasteiger partial charge in [-0.25, -0.2) is 0 Å². The number of hydrogen-bond donors (Lipinski definition) is 1. The van der Waals surface area contributed by atoms with Gasteiger partial charge in [-0.05, 0) is 35.4 Å². The number of para-hydroxylation sites is 1. The molecule has 0 aliphatic carbocycles. The van der Waals surface area contributed by atoms with Crippen molar-refractivity contribution in [3.63, 3.8) is 0 Å². The molecule has 38 heavy (non-hydrogen) atoms. The molecule has 1 aromatic heterocycles. The van der Waals surface area contributed by atoms with E-state index in [2.05, 4.69) is 20.9 Å². The summed E-state index contributed by atoms with van der Waals surface area (Å²) in [6, 6.07) is 19.0. The van der Waals surface area contributed by atoms with E-state index in [1.54, 1.807) is 36.5 Å². The minimum Gasteiger partial charge on any atom is -0.489 e. The predicted molar refractivity (Wildman–Crippen MR) is 141 cm³/mol. The van der Waals surface area contributed by atoms with Crippen LogP contribution in [0.2, 0.25) is 0 Å². The van der Waals surface area contributed by atoms with Gasteiger partial charge in [0.2, 0.25) is 0 Å². The van der Waals surface area contributed by atoms with Gasteiger partial charge in [-0.1, -0.05) is 46.3 Å². The number of non-ortho nitro benzene ring substituents is 1. The molecule has 10 heteroatoms. The van der Waals surface area contributed by atoms with Crippen LogP contribution in [0.4, 0.5) is 5.69 Å². The van der Waals surface area contributed by atoms with Crippen molar-refractivity contribution >= 4 is 44.5 Å². The number of nitro benzene ring substituents is 1. The van der Waals surface area contributed by atoms with Gasteiger partial charge in [0.25, 0.3) is 11.5 Å². The third-order valence-electron chi connectivity index (χ3n) is 6.31. The van der Waals surface area contributed by atoms with Gasteiger partial charge >= 0.3 is 11.9 Å². The Labute approximate surface area is 226 Å². The van der Waals surface area contributed by atoms with E-state index in [1.807, 2.05) is 24.3 Å². The summed E-state index contributed by atoms with van der Waals surface area (Å²) < 4.78 is 17.8. The minimum atomic E-state index is -1.38.